The van der Waals surface area contributed by atoms with E-state index in [9.17, 15) is 18.0 Å². The van der Waals surface area contributed by atoms with Gasteiger partial charge in [-0.3, -0.25) is 0 Å². The smallest absolute Gasteiger partial charge is 0.462 e. The molecule has 0 bridgehead atoms. The number of hydrogen-bond acceptors (Lipinski definition) is 9. The third kappa shape index (κ3) is 5.81. The molecule has 0 atom stereocenters. The summed E-state index contributed by atoms with van der Waals surface area (Å²) in [5, 5.41) is 2.98. The van der Waals surface area contributed by atoms with Crippen molar-refractivity contribution in [3.05, 3.63) is 45.3 Å². The number of nitrogens with zero attached hydrogens (tertiary/aromatic N) is 4. The molecule has 8 nitrogen and oxygen atoms in total. The van der Waals surface area contributed by atoms with E-state index in [4.69, 9.17) is 9.72 Å². The fourth-order valence-electron chi connectivity index (χ4n) is 4.98. The van der Waals surface area contributed by atoms with Crippen molar-refractivity contribution in [1.29, 1.82) is 0 Å². The molecular weight excluding hydrogens is 531 g/mol. The number of alkyl halides is 3. The summed E-state index contributed by atoms with van der Waals surface area (Å²) >= 11 is 1.41. The second-order valence-corrected chi connectivity index (χ2v) is 10.6. The van der Waals surface area contributed by atoms with Crippen molar-refractivity contribution in [2.75, 3.05) is 50.1 Å². The highest BCUT2D eigenvalue weighted by Crippen LogP contribution is 2.43. The molecule has 5 rings (SSSR count). The number of nitrogens with one attached hydrogen (secondary N) is 1. The maximum atomic E-state index is 13.2. The van der Waals surface area contributed by atoms with Crippen LogP contribution in [0, 0.1) is 0 Å². The van der Waals surface area contributed by atoms with E-state index in [1.807, 2.05) is 14.0 Å². The molecule has 3 heterocycles. The van der Waals surface area contributed by atoms with Gasteiger partial charge in [-0.25, -0.2) is 14.8 Å². The number of aromatic nitrogens is 2. The lowest BCUT2D eigenvalue weighted by atomic mass is 9.89. The second-order valence-electron chi connectivity index (χ2n) is 9.49. The molecule has 1 fully saturated rings. The number of likely N-dealkylation sites (N-methyl/N-ethyl adjacent to an activating group) is 1. The summed E-state index contributed by atoms with van der Waals surface area (Å²) in [6.45, 7) is 7.30. The Balaban J connectivity index is 1.51. The van der Waals surface area contributed by atoms with Crippen LogP contribution >= 0.6 is 11.3 Å². The minimum Gasteiger partial charge on any atom is -0.462 e. The first-order valence-electron chi connectivity index (χ1n) is 12.9. The Morgan fingerprint density at radius 3 is 2.62 bits per heavy atom. The fourth-order valence-corrected chi connectivity index (χ4v) is 6.16. The molecule has 1 aliphatic heterocycles. The average Bonchev–Trinajstić information content (AvgIpc) is 3.29. The van der Waals surface area contributed by atoms with Crippen LogP contribution in [0.2, 0.25) is 0 Å². The van der Waals surface area contributed by atoms with Crippen molar-refractivity contribution in [2.45, 2.75) is 39.5 Å². The number of piperazine rings is 1. The standard InChI is InChI=1S/C27H30F3N5O3S/c1-4-21-22-18(24(39-21)25(36)37-5-2)8-6-16-15-31-26(33-23(16)22)32-19-14-17(35-12-10-34(3)11-13-35)7-9-20(19)38-27(28,29)30/h7,9,14-15H,4-6,8,10-13H2,1-3H3,(H,31,32,33). The zero-order chi connectivity index (χ0) is 27.7. The van der Waals surface area contributed by atoms with E-state index in [-0.39, 0.29) is 30.0 Å². The van der Waals surface area contributed by atoms with Gasteiger partial charge < -0.3 is 24.6 Å². The molecule has 208 valence electrons. The summed E-state index contributed by atoms with van der Waals surface area (Å²) in [6.07, 6.45) is -1.14. The molecule has 0 amide bonds. The lowest BCUT2D eigenvalue weighted by Crippen LogP contribution is -2.44. The van der Waals surface area contributed by atoms with Gasteiger partial charge in [-0.2, -0.15) is 0 Å². The van der Waals surface area contributed by atoms with E-state index in [0.29, 0.717) is 29.8 Å². The number of hydrogen-bond donors (Lipinski definition) is 1. The van der Waals surface area contributed by atoms with Crippen molar-refractivity contribution >= 4 is 34.6 Å². The zero-order valence-corrected chi connectivity index (χ0v) is 22.8. The maximum absolute atomic E-state index is 13.2. The predicted molar refractivity (Wildman–Crippen MR) is 144 cm³/mol. The maximum Gasteiger partial charge on any atom is 0.573 e. The summed E-state index contributed by atoms with van der Waals surface area (Å²) in [4.78, 5) is 27.7. The molecule has 0 unspecified atom stereocenters. The predicted octanol–water partition coefficient (Wildman–Crippen LogP) is 5.44. The van der Waals surface area contributed by atoms with Gasteiger partial charge in [-0.1, -0.05) is 6.92 Å². The van der Waals surface area contributed by atoms with Crippen molar-refractivity contribution in [2.24, 2.45) is 0 Å². The third-order valence-electron chi connectivity index (χ3n) is 6.91. The number of benzene rings is 1. The first-order valence-corrected chi connectivity index (χ1v) is 13.8. The number of fused-ring (bicyclic) bond motifs is 3. The van der Waals surface area contributed by atoms with Crippen LogP contribution in [0.25, 0.3) is 11.3 Å². The van der Waals surface area contributed by atoms with Crippen LogP contribution in [0.4, 0.5) is 30.5 Å². The van der Waals surface area contributed by atoms with E-state index in [2.05, 4.69) is 24.8 Å². The Labute approximate surface area is 228 Å². The normalized spacial score (nSPS) is 15.5. The molecular formula is C27H30F3N5O3S. The van der Waals surface area contributed by atoms with Crippen molar-refractivity contribution in [3.8, 4) is 17.0 Å². The van der Waals surface area contributed by atoms with Crippen LogP contribution in [-0.4, -0.2) is 67.0 Å². The van der Waals surface area contributed by atoms with E-state index >= 15 is 0 Å². The van der Waals surface area contributed by atoms with Gasteiger partial charge in [-0.15, -0.1) is 24.5 Å². The van der Waals surface area contributed by atoms with Gasteiger partial charge in [0, 0.05) is 48.5 Å². The topological polar surface area (TPSA) is 79.8 Å². The molecule has 1 saturated heterocycles. The number of carbonyl (C=O) groups excluding carboxylic acids is 1. The summed E-state index contributed by atoms with van der Waals surface area (Å²) in [5.74, 6) is -0.559. The summed E-state index contributed by atoms with van der Waals surface area (Å²) in [6, 6.07) is 4.59. The van der Waals surface area contributed by atoms with Gasteiger partial charge >= 0.3 is 12.3 Å². The molecule has 0 radical (unpaired) electrons. The highest BCUT2D eigenvalue weighted by Gasteiger charge is 2.33. The monoisotopic (exact) mass is 561 g/mol. The molecule has 39 heavy (non-hydrogen) atoms. The van der Waals surface area contributed by atoms with Crippen LogP contribution in [0.15, 0.2) is 24.4 Å². The van der Waals surface area contributed by atoms with Crippen LogP contribution in [0.5, 0.6) is 5.75 Å². The van der Waals surface area contributed by atoms with Gasteiger partial charge in [0.1, 0.15) is 4.88 Å². The van der Waals surface area contributed by atoms with Crippen molar-refractivity contribution in [1.82, 2.24) is 14.9 Å². The van der Waals surface area contributed by atoms with Crippen LogP contribution in [0.1, 0.15) is 39.5 Å². The van der Waals surface area contributed by atoms with Gasteiger partial charge in [0.05, 0.1) is 18.0 Å². The molecule has 0 spiro atoms. The average molecular weight is 562 g/mol. The zero-order valence-electron chi connectivity index (χ0n) is 22.0. The highest BCUT2D eigenvalue weighted by atomic mass is 32.1. The number of anilines is 3. The SMILES string of the molecule is CCOC(=O)c1sc(CC)c2c1CCc1cnc(Nc3cc(N4CCN(C)CC4)ccc3OC(F)(F)F)nc1-2. The molecule has 12 heteroatoms. The van der Waals surface area contributed by atoms with Gasteiger partial charge in [0.25, 0.3) is 0 Å². The van der Waals surface area contributed by atoms with Crippen molar-refractivity contribution in [3.63, 3.8) is 0 Å². The first kappa shape index (κ1) is 27.2. The number of aryl methyl sites for hydroxylation is 2. The highest BCUT2D eigenvalue weighted by molar-refractivity contribution is 7.14. The molecule has 1 aromatic carbocycles. The summed E-state index contributed by atoms with van der Waals surface area (Å²) < 4.78 is 49.3. The number of rotatable bonds is 7. The molecule has 2 aliphatic rings. The van der Waals surface area contributed by atoms with E-state index in [1.165, 1.54) is 17.4 Å². The van der Waals surface area contributed by atoms with Gasteiger partial charge in [0.15, 0.2) is 5.75 Å². The van der Waals surface area contributed by atoms with Crippen molar-refractivity contribution < 1.29 is 27.4 Å². The Morgan fingerprint density at radius 1 is 1.15 bits per heavy atom. The lowest BCUT2D eigenvalue weighted by molar-refractivity contribution is -0.274. The summed E-state index contributed by atoms with van der Waals surface area (Å²) in [7, 11) is 2.04. The molecule has 1 aliphatic carbocycles. The van der Waals surface area contributed by atoms with Crippen LogP contribution in [0.3, 0.4) is 0 Å². The number of esters is 1. The third-order valence-corrected chi connectivity index (χ3v) is 8.27. The fraction of sp³-hybridized carbons (Fsp3) is 0.444. The Bertz CT molecular complexity index is 1370. The summed E-state index contributed by atoms with van der Waals surface area (Å²) in [5.41, 5.74) is 4.32. The van der Waals surface area contributed by atoms with E-state index in [0.717, 1.165) is 53.4 Å². The Morgan fingerprint density at radius 2 is 1.92 bits per heavy atom. The van der Waals surface area contributed by atoms with Gasteiger partial charge in [-0.05, 0) is 62.6 Å². The minimum atomic E-state index is -4.85. The Hall–Kier alpha value is -3.38. The first-order chi connectivity index (χ1) is 18.7. The quantitative estimate of drug-likeness (QED) is 0.383. The molecule has 0 saturated carbocycles. The number of thiophene rings is 1. The van der Waals surface area contributed by atoms with E-state index in [1.54, 1.807) is 25.3 Å². The number of halogens is 3. The largest absolute Gasteiger partial charge is 0.573 e. The molecule has 2 aromatic heterocycles. The minimum absolute atomic E-state index is 0.119. The van der Waals surface area contributed by atoms with E-state index < -0.39 is 6.36 Å². The number of ether oxygens (including phenoxy) is 2. The lowest BCUT2D eigenvalue weighted by Gasteiger charge is -2.34. The number of carbonyl (C=O) groups is 1. The van der Waals surface area contributed by atoms with Gasteiger partial charge in [0.2, 0.25) is 5.95 Å². The van der Waals surface area contributed by atoms with Crippen LogP contribution < -0.4 is 15.0 Å². The second kappa shape index (κ2) is 11.0. The molecule has 3 aromatic rings. The van der Waals surface area contributed by atoms with Crippen LogP contribution in [-0.2, 0) is 24.0 Å². The Kier molecular flexibility index (Phi) is 7.68. The molecule has 1 N–H and O–H groups in total.